The van der Waals surface area contributed by atoms with Crippen molar-refractivity contribution in [2.45, 2.75) is 13.8 Å². The molecule has 0 radical (unpaired) electrons. The minimum atomic E-state index is -0.481. The number of rotatable bonds is 5. The first-order chi connectivity index (χ1) is 7.66. The molecule has 6 heteroatoms. The second-order valence-corrected chi connectivity index (χ2v) is 4.20. The second kappa shape index (κ2) is 10.8. The molecule has 0 aromatic carbocycles. The predicted molar refractivity (Wildman–Crippen MR) is 67.8 cm³/mol. The maximum Gasteiger partial charge on any atom is 0.337 e. The van der Waals surface area contributed by atoms with Gasteiger partial charge in [-0.2, -0.15) is 0 Å². The van der Waals surface area contributed by atoms with Gasteiger partial charge in [0.15, 0.2) is 0 Å². The molecular weight excluding hydrogens is 256 g/mol. The van der Waals surface area contributed by atoms with Crippen LogP contribution >= 0.6 is 0 Å². The molecule has 5 nitrogen and oxygen atoms in total. The average Bonchev–Trinajstić information content (AvgIpc) is 2.26. The Morgan fingerprint density at radius 3 is 2.00 bits per heavy atom. The van der Waals surface area contributed by atoms with Crippen molar-refractivity contribution in [2.24, 2.45) is 5.73 Å². The van der Waals surface area contributed by atoms with Crippen LogP contribution in [-0.2, 0) is 14.3 Å². The van der Waals surface area contributed by atoms with Crippen molar-refractivity contribution in [2.75, 3.05) is 27.4 Å². The van der Waals surface area contributed by atoms with E-state index in [-0.39, 0.29) is 18.4 Å². The van der Waals surface area contributed by atoms with E-state index >= 15 is 0 Å². The number of nitrogens with two attached hydrogens (primary N) is 1. The molecule has 0 bridgehead atoms. The summed E-state index contributed by atoms with van der Waals surface area (Å²) in [6.07, 6.45) is 1.06. The molecule has 0 unspecified atom stereocenters. The van der Waals surface area contributed by atoms with E-state index < -0.39 is 5.91 Å². The van der Waals surface area contributed by atoms with Crippen molar-refractivity contribution in [1.29, 1.82) is 0 Å². The lowest BCUT2D eigenvalue weighted by Crippen LogP contribution is -3.00. The molecule has 0 saturated carbocycles. The number of primary amides is 1. The zero-order chi connectivity index (χ0) is 14.1. The van der Waals surface area contributed by atoms with Crippen LogP contribution in [0.4, 0.5) is 0 Å². The van der Waals surface area contributed by atoms with Gasteiger partial charge in [-0.05, 0) is 19.9 Å². The number of quaternary nitrogens is 1. The van der Waals surface area contributed by atoms with Crippen molar-refractivity contribution < 1.29 is 31.2 Å². The van der Waals surface area contributed by atoms with Crippen molar-refractivity contribution in [3.8, 4) is 0 Å². The summed E-state index contributed by atoms with van der Waals surface area (Å²) in [6.45, 7) is 11.6. The molecule has 106 valence electrons. The highest BCUT2D eigenvalue weighted by atomic mass is 35.5. The van der Waals surface area contributed by atoms with Crippen LogP contribution in [0.15, 0.2) is 24.8 Å². The molecular formula is C12H23ClN2O3. The molecule has 0 aromatic heterocycles. The minimum absolute atomic E-state index is 0. The normalized spacial score (nSPS) is 9.11. The SMILES string of the molecule is C=C(C)C(=O)OC[N+](C)(C)CC.C=CC(N)=O.[Cl-]. The maximum atomic E-state index is 11.0. The van der Waals surface area contributed by atoms with Gasteiger partial charge in [-0.15, -0.1) is 0 Å². The van der Waals surface area contributed by atoms with Crippen LogP contribution in [0.5, 0.6) is 0 Å². The third-order valence-electron chi connectivity index (χ3n) is 1.95. The van der Waals surface area contributed by atoms with E-state index in [2.05, 4.69) is 25.8 Å². The Hall–Kier alpha value is -1.33. The van der Waals surface area contributed by atoms with Gasteiger partial charge in [0.1, 0.15) is 0 Å². The number of halogens is 1. The first-order valence-corrected chi connectivity index (χ1v) is 5.22. The van der Waals surface area contributed by atoms with E-state index in [0.29, 0.717) is 16.8 Å². The molecule has 0 aliphatic rings. The monoisotopic (exact) mass is 278 g/mol. The van der Waals surface area contributed by atoms with Gasteiger partial charge in [-0.3, -0.25) is 9.28 Å². The van der Waals surface area contributed by atoms with Gasteiger partial charge in [0.25, 0.3) is 0 Å². The number of amides is 1. The van der Waals surface area contributed by atoms with E-state index in [9.17, 15) is 9.59 Å². The Kier molecular flexibility index (Phi) is 13.1. The zero-order valence-corrected chi connectivity index (χ0v) is 12.3. The zero-order valence-electron chi connectivity index (χ0n) is 11.5. The summed E-state index contributed by atoms with van der Waals surface area (Å²) in [5.74, 6) is -0.792. The number of hydrogen-bond donors (Lipinski definition) is 1. The van der Waals surface area contributed by atoms with E-state index in [1.54, 1.807) is 6.92 Å². The Labute approximate surface area is 115 Å². The topological polar surface area (TPSA) is 69.4 Å². The molecule has 0 spiro atoms. The first-order valence-electron chi connectivity index (χ1n) is 5.22. The Bertz CT molecular complexity index is 302. The Morgan fingerprint density at radius 2 is 1.78 bits per heavy atom. The van der Waals surface area contributed by atoms with Crippen molar-refractivity contribution in [3.63, 3.8) is 0 Å². The molecule has 0 rings (SSSR count). The van der Waals surface area contributed by atoms with Gasteiger partial charge in [0.05, 0.1) is 20.6 Å². The number of nitrogens with zero attached hydrogens (tertiary/aromatic N) is 1. The molecule has 2 N–H and O–H groups in total. The van der Waals surface area contributed by atoms with E-state index in [1.165, 1.54) is 0 Å². The molecule has 0 heterocycles. The first kappa shape index (κ1) is 21.9. The molecule has 18 heavy (non-hydrogen) atoms. The predicted octanol–water partition coefficient (Wildman–Crippen LogP) is -2.18. The average molecular weight is 279 g/mol. The lowest BCUT2D eigenvalue weighted by Gasteiger charge is -2.26. The van der Waals surface area contributed by atoms with Crippen molar-refractivity contribution >= 4 is 11.9 Å². The Morgan fingerprint density at radius 1 is 1.39 bits per heavy atom. The van der Waals surface area contributed by atoms with Gasteiger partial charge in [-0.1, -0.05) is 13.2 Å². The highest BCUT2D eigenvalue weighted by molar-refractivity contribution is 5.86. The third-order valence-corrected chi connectivity index (χ3v) is 1.95. The fraction of sp³-hybridized carbons (Fsp3) is 0.500. The molecule has 0 atom stereocenters. The van der Waals surface area contributed by atoms with Gasteiger partial charge >= 0.3 is 5.97 Å². The summed E-state index contributed by atoms with van der Waals surface area (Å²) < 4.78 is 5.67. The number of hydrogen-bond acceptors (Lipinski definition) is 3. The van der Waals surface area contributed by atoms with Gasteiger partial charge < -0.3 is 22.9 Å². The van der Waals surface area contributed by atoms with E-state index in [0.717, 1.165) is 12.6 Å². The van der Waals surface area contributed by atoms with Crippen LogP contribution in [0.2, 0.25) is 0 Å². The fourth-order valence-electron chi connectivity index (χ4n) is 0.448. The quantitative estimate of drug-likeness (QED) is 0.269. The summed E-state index contributed by atoms with van der Waals surface area (Å²) >= 11 is 0. The van der Waals surface area contributed by atoms with Crippen LogP contribution in [0.1, 0.15) is 13.8 Å². The molecule has 1 amide bonds. The summed E-state index contributed by atoms with van der Waals surface area (Å²) in [6, 6.07) is 0. The molecule has 0 aliphatic carbocycles. The minimum Gasteiger partial charge on any atom is -1.00 e. The van der Waals surface area contributed by atoms with Crippen LogP contribution in [-0.4, -0.2) is 43.7 Å². The maximum absolute atomic E-state index is 11.0. The summed E-state index contributed by atoms with van der Waals surface area (Å²) in [5, 5.41) is 0. The standard InChI is InChI=1S/C9H18NO2.C3H5NO.ClH/c1-6-10(4,5)7-12-9(11)8(2)3;1-2-3(4)5;/h2,6-7H2,1,3-5H3;2H,1H2,(H2,4,5);1H/q+1;;/p-1. The van der Waals surface area contributed by atoms with Gasteiger partial charge in [-0.25, -0.2) is 4.79 Å². The Balaban J connectivity index is -0.000000321. The smallest absolute Gasteiger partial charge is 0.337 e. The number of ether oxygens (including phenoxy) is 1. The number of esters is 1. The van der Waals surface area contributed by atoms with Crippen LogP contribution in [0.25, 0.3) is 0 Å². The molecule has 0 aliphatic heterocycles. The summed E-state index contributed by atoms with van der Waals surface area (Å²) in [5.41, 5.74) is 4.98. The number of carbonyl (C=O) groups is 2. The second-order valence-electron chi connectivity index (χ2n) is 4.20. The number of carbonyl (C=O) groups excluding carboxylic acids is 2. The summed E-state index contributed by atoms with van der Waals surface area (Å²) in [7, 11) is 4.01. The molecule has 0 fully saturated rings. The lowest BCUT2D eigenvalue weighted by atomic mass is 10.4. The van der Waals surface area contributed by atoms with Crippen LogP contribution in [0.3, 0.4) is 0 Å². The van der Waals surface area contributed by atoms with Crippen molar-refractivity contribution in [1.82, 2.24) is 0 Å². The van der Waals surface area contributed by atoms with E-state index in [4.69, 9.17) is 4.74 Å². The van der Waals surface area contributed by atoms with E-state index in [1.807, 2.05) is 14.1 Å². The highest BCUT2D eigenvalue weighted by Gasteiger charge is 2.14. The third kappa shape index (κ3) is 14.7. The molecule has 0 aromatic rings. The van der Waals surface area contributed by atoms with Gasteiger partial charge in [0, 0.05) is 5.57 Å². The molecule has 0 saturated heterocycles. The van der Waals surface area contributed by atoms with Crippen molar-refractivity contribution in [3.05, 3.63) is 24.8 Å². The summed E-state index contributed by atoms with van der Waals surface area (Å²) in [4.78, 5) is 20.4. The van der Waals surface area contributed by atoms with Crippen LogP contribution < -0.4 is 18.1 Å². The van der Waals surface area contributed by atoms with Gasteiger partial charge in [0.2, 0.25) is 12.6 Å². The fourth-order valence-corrected chi connectivity index (χ4v) is 0.448. The highest BCUT2D eigenvalue weighted by Crippen LogP contribution is 1.99. The largest absolute Gasteiger partial charge is 1.00 e. The van der Waals surface area contributed by atoms with Crippen LogP contribution in [0, 0.1) is 0 Å². The lowest BCUT2D eigenvalue weighted by molar-refractivity contribution is -0.905.